The molecule has 2 N–H and O–H groups in total. The number of carbonyl (C=O) groups is 1. The van der Waals surface area contributed by atoms with Crippen LogP contribution in [-0.2, 0) is 9.53 Å². The fourth-order valence-corrected chi connectivity index (χ4v) is 1.46. The maximum atomic E-state index is 10.5. The monoisotopic (exact) mass is 174 g/mol. The van der Waals surface area contributed by atoms with Gasteiger partial charge in [-0.2, -0.15) is 0 Å². The summed E-state index contributed by atoms with van der Waals surface area (Å²) in [6, 6.07) is 0. The lowest BCUT2D eigenvalue weighted by molar-refractivity contribution is -0.173. The number of ether oxygens (including phenoxy) is 1. The number of rotatable bonds is 3. The van der Waals surface area contributed by atoms with Gasteiger partial charge in [-0.3, -0.25) is 0 Å². The minimum absolute atomic E-state index is 0.165. The third-order valence-electron chi connectivity index (χ3n) is 2.13. The van der Waals surface area contributed by atoms with Crippen molar-refractivity contribution in [1.29, 1.82) is 0 Å². The maximum Gasteiger partial charge on any atom is 0.335 e. The van der Waals surface area contributed by atoms with Crippen LogP contribution in [0.3, 0.4) is 0 Å². The Hall–Kier alpha value is -0.610. The van der Waals surface area contributed by atoms with Crippen molar-refractivity contribution in [2.24, 2.45) is 5.41 Å². The van der Waals surface area contributed by atoms with Gasteiger partial charge in [-0.25, -0.2) is 4.79 Å². The zero-order valence-corrected chi connectivity index (χ0v) is 7.33. The van der Waals surface area contributed by atoms with Gasteiger partial charge in [0.1, 0.15) is 0 Å². The molecule has 0 spiro atoms. The van der Waals surface area contributed by atoms with Gasteiger partial charge in [0.15, 0.2) is 5.60 Å². The highest BCUT2D eigenvalue weighted by Gasteiger charge is 2.43. The predicted molar refractivity (Wildman–Crippen MR) is 41.8 cm³/mol. The first-order chi connectivity index (χ1) is 5.36. The Morgan fingerprint density at radius 1 is 1.67 bits per heavy atom. The second-order valence-corrected chi connectivity index (χ2v) is 4.06. The molecule has 0 aliphatic carbocycles. The summed E-state index contributed by atoms with van der Waals surface area (Å²) in [7, 11) is 0. The van der Waals surface area contributed by atoms with E-state index in [2.05, 4.69) is 0 Å². The molecule has 0 aromatic heterocycles. The largest absolute Gasteiger partial charge is 0.479 e. The van der Waals surface area contributed by atoms with Crippen molar-refractivity contribution in [3.63, 3.8) is 0 Å². The second kappa shape index (κ2) is 2.71. The summed E-state index contributed by atoms with van der Waals surface area (Å²) in [6.07, 6.45) is 0.245. The van der Waals surface area contributed by atoms with Crippen molar-refractivity contribution in [2.45, 2.75) is 25.9 Å². The predicted octanol–water partition coefficient (Wildman–Crippen LogP) is 0.249. The van der Waals surface area contributed by atoms with Crippen molar-refractivity contribution >= 4 is 5.97 Å². The highest BCUT2D eigenvalue weighted by atomic mass is 16.5. The zero-order valence-electron chi connectivity index (χ0n) is 7.33. The SMILES string of the molecule is CC1(CC(C)(O)C(=O)O)COC1. The minimum Gasteiger partial charge on any atom is -0.479 e. The molecule has 0 aromatic carbocycles. The van der Waals surface area contributed by atoms with E-state index in [4.69, 9.17) is 9.84 Å². The highest BCUT2D eigenvalue weighted by Crippen LogP contribution is 2.35. The van der Waals surface area contributed by atoms with E-state index in [1.165, 1.54) is 6.92 Å². The van der Waals surface area contributed by atoms with Crippen LogP contribution in [0.5, 0.6) is 0 Å². The lowest BCUT2D eigenvalue weighted by atomic mass is 9.78. The Kier molecular flexibility index (Phi) is 2.14. The molecule has 1 unspecified atom stereocenters. The van der Waals surface area contributed by atoms with Crippen LogP contribution in [0, 0.1) is 5.41 Å². The van der Waals surface area contributed by atoms with Gasteiger partial charge in [0.2, 0.25) is 0 Å². The Labute approximate surface area is 71.2 Å². The summed E-state index contributed by atoms with van der Waals surface area (Å²) in [6.45, 7) is 4.31. The molecule has 1 fully saturated rings. The fourth-order valence-electron chi connectivity index (χ4n) is 1.46. The molecule has 0 bridgehead atoms. The van der Waals surface area contributed by atoms with Crippen LogP contribution in [0.4, 0.5) is 0 Å². The second-order valence-electron chi connectivity index (χ2n) is 4.06. The molecule has 0 saturated carbocycles. The van der Waals surface area contributed by atoms with Crippen molar-refractivity contribution in [2.75, 3.05) is 13.2 Å². The Morgan fingerprint density at radius 2 is 2.17 bits per heavy atom. The molecule has 1 aliphatic heterocycles. The van der Waals surface area contributed by atoms with Crippen LogP contribution >= 0.6 is 0 Å². The van der Waals surface area contributed by atoms with E-state index in [0.717, 1.165) is 0 Å². The smallest absolute Gasteiger partial charge is 0.335 e. The molecule has 0 amide bonds. The molecular weight excluding hydrogens is 160 g/mol. The van der Waals surface area contributed by atoms with Crippen molar-refractivity contribution in [1.82, 2.24) is 0 Å². The van der Waals surface area contributed by atoms with E-state index in [1.807, 2.05) is 6.92 Å². The van der Waals surface area contributed by atoms with E-state index in [9.17, 15) is 9.90 Å². The van der Waals surface area contributed by atoms with Crippen LogP contribution < -0.4 is 0 Å². The summed E-state index contributed by atoms with van der Waals surface area (Å²) in [5, 5.41) is 18.1. The zero-order chi connectivity index (χ0) is 9.41. The molecular formula is C8H14O4. The normalized spacial score (nSPS) is 25.6. The summed E-state index contributed by atoms with van der Waals surface area (Å²) >= 11 is 0. The summed E-state index contributed by atoms with van der Waals surface area (Å²) in [4.78, 5) is 10.5. The van der Waals surface area contributed by atoms with Gasteiger partial charge in [-0.15, -0.1) is 0 Å². The Bertz CT molecular complexity index is 193. The van der Waals surface area contributed by atoms with Crippen LogP contribution in [0.25, 0.3) is 0 Å². The lowest BCUT2D eigenvalue weighted by Crippen LogP contribution is -2.48. The number of aliphatic carboxylic acids is 1. The molecule has 4 nitrogen and oxygen atoms in total. The number of aliphatic hydroxyl groups is 1. The highest BCUT2D eigenvalue weighted by molar-refractivity contribution is 5.76. The Morgan fingerprint density at radius 3 is 2.42 bits per heavy atom. The van der Waals surface area contributed by atoms with Gasteiger partial charge in [0, 0.05) is 5.41 Å². The standard InChI is InChI=1S/C8H14O4/c1-7(4-12-5-7)3-8(2,11)6(9)10/h11H,3-5H2,1-2H3,(H,9,10). The first kappa shape index (κ1) is 9.48. The van der Waals surface area contributed by atoms with Gasteiger partial charge < -0.3 is 14.9 Å². The topological polar surface area (TPSA) is 66.8 Å². The van der Waals surface area contributed by atoms with Crippen molar-refractivity contribution in [3.8, 4) is 0 Å². The average Bonchev–Trinajstić information content (AvgIpc) is 1.83. The number of carboxylic acid groups (broad SMARTS) is 1. The third-order valence-corrected chi connectivity index (χ3v) is 2.13. The van der Waals surface area contributed by atoms with E-state index >= 15 is 0 Å². The molecule has 0 aromatic rings. The average molecular weight is 174 g/mol. The van der Waals surface area contributed by atoms with E-state index in [0.29, 0.717) is 13.2 Å². The molecule has 70 valence electrons. The third kappa shape index (κ3) is 1.76. The number of hydrogen-bond acceptors (Lipinski definition) is 3. The van der Waals surface area contributed by atoms with E-state index in [-0.39, 0.29) is 11.8 Å². The molecule has 1 saturated heterocycles. The first-order valence-electron chi connectivity index (χ1n) is 3.89. The summed E-state index contributed by atoms with van der Waals surface area (Å²) in [5.74, 6) is -1.17. The molecule has 1 rings (SSSR count). The van der Waals surface area contributed by atoms with Gasteiger partial charge >= 0.3 is 5.97 Å². The van der Waals surface area contributed by atoms with Gasteiger partial charge in [0.25, 0.3) is 0 Å². The maximum absolute atomic E-state index is 10.5. The fraction of sp³-hybridized carbons (Fsp3) is 0.875. The quantitative estimate of drug-likeness (QED) is 0.643. The number of carboxylic acids is 1. The molecule has 12 heavy (non-hydrogen) atoms. The molecule has 1 atom stereocenters. The summed E-state index contributed by atoms with van der Waals surface area (Å²) < 4.78 is 4.96. The van der Waals surface area contributed by atoms with E-state index < -0.39 is 11.6 Å². The molecule has 4 heteroatoms. The van der Waals surface area contributed by atoms with Crippen LogP contribution in [0.15, 0.2) is 0 Å². The van der Waals surface area contributed by atoms with Crippen molar-refractivity contribution in [3.05, 3.63) is 0 Å². The lowest BCUT2D eigenvalue weighted by Gasteiger charge is -2.41. The van der Waals surface area contributed by atoms with Crippen LogP contribution in [-0.4, -0.2) is 35.0 Å². The molecule has 0 radical (unpaired) electrons. The van der Waals surface area contributed by atoms with Crippen LogP contribution in [0.2, 0.25) is 0 Å². The van der Waals surface area contributed by atoms with Crippen LogP contribution in [0.1, 0.15) is 20.3 Å². The van der Waals surface area contributed by atoms with Crippen molar-refractivity contribution < 1.29 is 19.7 Å². The molecule has 1 heterocycles. The van der Waals surface area contributed by atoms with Gasteiger partial charge in [-0.05, 0) is 13.3 Å². The van der Waals surface area contributed by atoms with Gasteiger partial charge in [-0.1, -0.05) is 6.92 Å². The molecule has 1 aliphatic rings. The first-order valence-corrected chi connectivity index (χ1v) is 3.89. The van der Waals surface area contributed by atoms with E-state index in [1.54, 1.807) is 0 Å². The summed E-state index contributed by atoms with van der Waals surface area (Å²) in [5.41, 5.74) is -1.79. The van der Waals surface area contributed by atoms with Gasteiger partial charge in [0.05, 0.1) is 13.2 Å². The Balaban J connectivity index is 2.54. The number of hydrogen-bond donors (Lipinski definition) is 2. The minimum atomic E-state index is -1.63.